The van der Waals surface area contributed by atoms with Gasteiger partial charge in [-0.1, -0.05) is 15.9 Å². The lowest BCUT2D eigenvalue weighted by molar-refractivity contribution is -0.161. The van der Waals surface area contributed by atoms with Crippen molar-refractivity contribution in [3.63, 3.8) is 0 Å². The van der Waals surface area contributed by atoms with Gasteiger partial charge in [-0.25, -0.2) is 14.4 Å². The number of nitrogens with zero attached hydrogens (tertiary/aromatic N) is 1. The molecular formula is C18H32BrNO6. The number of esters is 1. The molecule has 0 aliphatic carbocycles. The summed E-state index contributed by atoms with van der Waals surface area (Å²) in [7, 11) is 0. The van der Waals surface area contributed by atoms with E-state index < -0.39 is 41.0 Å². The Morgan fingerprint density at radius 3 is 1.38 bits per heavy atom. The molecule has 0 saturated carbocycles. The predicted molar refractivity (Wildman–Crippen MR) is 102 cm³/mol. The summed E-state index contributed by atoms with van der Waals surface area (Å²) < 4.78 is 16.0. The topological polar surface area (TPSA) is 82.1 Å². The van der Waals surface area contributed by atoms with Gasteiger partial charge in [0.05, 0.1) is 0 Å². The van der Waals surface area contributed by atoms with Crippen LogP contribution in [0.15, 0.2) is 0 Å². The molecule has 0 aliphatic rings. The molecule has 0 rings (SSSR count). The van der Waals surface area contributed by atoms with E-state index in [1.807, 2.05) is 0 Å². The number of carbonyl (C=O) groups excluding carboxylic acids is 3. The number of imide groups is 1. The van der Waals surface area contributed by atoms with Crippen LogP contribution < -0.4 is 0 Å². The average Bonchev–Trinajstić information content (AvgIpc) is 2.31. The molecule has 0 spiro atoms. The second-order valence-electron chi connectivity index (χ2n) is 8.86. The molecule has 2 amide bonds. The zero-order valence-corrected chi connectivity index (χ0v) is 18.9. The average molecular weight is 438 g/mol. The van der Waals surface area contributed by atoms with E-state index in [1.54, 1.807) is 62.3 Å². The van der Waals surface area contributed by atoms with Crippen LogP contribution in [-0.2, 0) is 19.0 Å². The van der Waals surface area contributed by atoms with E-state index in [9.17, 15) is 14.4 Å². The minimum Gasteiger partial charge on any atom is -0.458 e. The molecule has 0 aliphatic heterocycles. The Morgan fingerprint density at radius 1 is 0.769 bits per heavy atom. The molecule has 0 aromatic carbocycles. The third-order valence-corrected chi connectivity index (χ3v) is 3.01. The number of hydrogen-bond acceptors (Lipinski definition) is 6. The summed E-state index contributed by atoms with van der Waals surface area (Å²) in [6, 6.07) is -1.17. The van der Waals surface area contributed by atoms with Crippen molar-refractivity contribution in [2.24, 2.45) is 0 Å². The first-order chi connectivity index (χ1) is 11.5. The van der Waals surface area contributed by atoms with E-state index in [4.69, 9.17) is 14.2 Å². The second kappa shape index (κ2) is 9.06. The lowest BCUT2D eigenvalue weighted by Crippen LogP contribution is -2.53. The highest BCUT2D eigenvalue weighted by Gasteiger charge is 2.41. The maximum atomic E-state index is 12.7. The van der Waals surface area contributed by atoms with E-state index in [0.717, 1.165) is 0 Å². The number of hydrogen-bond donors (Lipinski definition) is 0. The molecule has 7 nitrogen and oxygen atoms in total. The maximum absolute atomic E-state index is 12.7. The Bertz CT molecular complexity index is 485. The van der Waals surface area contributed by atoms with Crippen molar-refractivity contribution in [2.75, 3.05) is 5.33 Å². The first-order valence-electron chi connectivity index (χ1n) is 8.51. The fourth-order valence-corrected chi connectivity index (χ4v) is 2.21. The van der Waals surface area contributed by atoms with E-state index in [1.165, 1.54) is 0 Å². The molecule has 0 fully saturated rings. The molecule has 1 unspecified atom stereocenters. The molecule has 0 radical (unpaired) electrons. The Labute approximate surface area is 164 Å². The fraction of sp³-hybridized carbons (Fsp3) is 0.833. The molecule has 0 heterocycles. The largest absolute Gasteiger partial charge is 0.458 e. The monoisotopic (exact) mass is 437 g/mol. The van der Waals surface area contributed by atoms with E-state index in [2.05, 4.69) is 15.9 Å². The van der Waals surface area contributed by atoms with Crippen LogP contribution in [0.2, 0.25) is 0 Å². The summed E-state index contributed by atoms with van der Waals surface area (Å²) in [5.41, 5.74) is -2.45. The van der Waals surface area contributed by atoms with Crippen LogP contribution in [0.3, 0.4) is 0 Å². The van der Waals surface area contributed by atoms with Crippen molar-refractivity contribution in [1.82, 2.24) is 4.90 Å². The summed E-state index contributed by atoms with van der Waals surface area (Å²) in [6.07, 6.45) is -1.75. The van der Waals surface area contributed by atoms with Crippen molar-refractivity contribution in [2.45, 2.75) is 91.6 Å². The molecule has 0 saturated heterocycles. The minimum absolute atomic E-state index is 0.160. The predicted octanol–water partition coefficient (Wildman–Crippen LogP) is 4.65. The van der Waals surface area contributed by atoms with Gasteiger partial charge in [-0.15, -0.1) is 0 Å². The Morgan fingerprint density at radius 2 is 1.12 bits per heavy atom. The number of halogens is 1. The lowest BCUT2D eigenvalue weighted by atomic mass is 10.1. The van der Waals surface area contributed by atoms with Gasteiger partial charge < -0.3 is 14.2 Å². The Kier molecular flexibility index (Phi) is 8.60. The lowest BCUT2D eigenvalue weighted by Gasteiger charge is -2.33. The highest BCUT2D eigenvalue weighted by atomic mass is 79.9. The number of amides is 2. The molecule has 0 N–H and O–H groups in total. The van der Waals surface area contributed by atoms with Crippen LogP contribution in [0, 0.1) is 0 Å². The Balaban J connectivity index is 5.83. The summed E-state index contributed by atoms with van der Waals surface area (Å²) in [5, 5.41) is 0.374. The van der Waals surface area contributed by atoms with Gasteiger partial charge in [0.15, 0.2) is 0 Å². The van der Waals surface area contributed by atoms with Crippen LogP contribution in [-0.4, -0.2) is 51.2 Å². The van der Waals surface area contributed by atoms with Crippen molar-refractivity contribution < 1.29 is 28.6 Å². The first kappa shape index (κ1) is 24.7. The minimum atomic E-state index is -1.17. The normalized spacial score (nSPS) is 13.6. The van der Waals surface area contributed by atoms with Crippen LogP contribution in [0.1, 0.15) is 68.7 Å². The highest BCUT2D eigenvalue weighted by molar-refractivity contribution is 9.09. The molecular weight excluding hydrogens is 406 g/mol. The van der Waals surface area contributed by atoms with Gasteiger partial charge in [0.1, 0.15) is 22.8 Å². The van der Waals surface area contributed by atoms with E-state index in [0.29, 0.717) is 10.2 Å². The summed E-state index contributed by atoms with van der Waals surface area (Å²) in [4.78, 5) is 38.6. The molecule has 26 heavy (non-hydrogen) atoms. The van der Waals surface area contributed by atoms with Crippen LogP contribution >= 0.6 is 15.9 Å². The molecule has 0 bridgehead atoms. The van der Waals surface area contributed by atoms with Crippen LogP contribution in [0.4, 0.5) is 9.59 Å². The number of carbonyl (C=O) groups is 3. The van der Waals surface area contributed by atoms with Gasteiger partial charge >= 0.3 is 18.2 Å². The zero-order valence-electron chi connectivity index (χ0n) is 17.3. The van der Waals surface area contributed by atoms with E-state index >= 15 is 0 Å². The Hall–Kier alpha value is -1.31. The molecule has 0 aromatic heterocycles. The highest BCUT2D eigenvalue weighted by Crippen LogP contribution is 2.21. The summed E-state index contributed by atoms with van der Waals surface area (Å²) in [6.45, 7) is 15.2. The molecule has 8 heteroatoms. The standard InChI is InChI=1S/C18H32BrNO6/c1-16(2,3)24-13(21)12(10-11-19)20(14(22)25-17(4,5)6)15(23)26-18(7,8)9/h12H,10-11H2,1-9H3. The summed E-state index contributed by atoms with van der Waals surface area (Å²) in [5.74, 6) is -0.700. The van der Waals surface area contributed by atoms with Gasteiger partial charge in [0.25, 0.3) is 0 Å². The maximum Gasteiger partial charge on any atom is 0.420 e. The van der Waals surface area contributed by atoms with Gasteiger partial charge in [0, 0.05) is 5.33 Å². The number of rotatable bonds is 4. The molecule has 0 aromatic rings. The van der Waals surface area contributed by atoms with Gasteiger partial charge in [-0.3, -0.25) is 0 Å². The zero-order chi connectivity index (χ0) is 20.9. The second-order valence-corrected chi connectivity index (χ2v) is 9.65. The van der Waals surface area contributed by atoms with E-state index in [-0.39, 0.29) is 6.42 Å². The SMILES string of the molecule is CC(C)(C)OC(=O)C(CCBr)N(C(=O)OC(C)(C)C)C(=O)OC(C)(C)C. The number of alkyl halides is 1. The third-order valence-electron chi connectivity index (χ3n) is 2.55. The molecule has 1 atom stereocenters. The quantitative estimate of drug-likeness (QED) is 0.361. The third kappa shape index (κ3) is 9.99. The van der Waals surface area contributed by atoms with Gasteiger partial charge in [-0.2, -0.15) is 4.90 Å². The van der Waals surface area contributed by atoms with Crippen molar-refractivity contribution in [3.05, 3.63) is 0 Å². The number of ether oxygens (including phenoxy) is 3. The van der Waals surface area contributed by atoms with Crippen molar-refractivity contribution in [1.29, 1.82) is 0 Å². The van der Waals surface area contributed by atoms with Crippen LogP contribution in [0.5, 0.6) is 0 Å². The van der Waals surface area contributed by atoms with Crippen molar-refractivity contribution in [3.8, 4) is 0 Å². The van der Waals surface area contributed by atoms with Crippen LogP contribution in [0.25, 0.3) is 0 Å². The fourth-order valence-electron chi connectivity index (χ4n) is 1.78. The smallest absolute Gasteiger partial charge is 0.420 e. The molecule has 152 valence electrons. The van der Waals surface area contributed by atoms with Crippen molar-refractivity contribution >= 4 is 34.1 Å². The van der Waals surface area contributed by atoms with Gasteiger partial charge in [-0.05, 0) is 68.7 Å². The first-order valence-corrected chi connectivity index (χ1v) is 9.63. The van der Waals surface area contributed by atoms with Gasteiger partial charge in [0.2, 0.25) is 0 Å². The summed E-state index contributed by atoms with van der Waals surface area (Å²) >= 11 is 3.25.